The van der Waals surface area contributed by atoms with Crippen LogP contribution in [0.15, 0.2) is 29.1 Å². The highest BCUT2D eigenvalue weighted by atomic mass is 16.6. The van der Waals surface area contributed by atoms with Crippen molar-refractivity contribution in [2.24, 2.45) is 0 Å². The van der Waals surface area contributed by atoms with Crippen molar-refractivity contribution >= 4 is 5.97 Å². The Kier molecular flexibility index (Phi) is 3.11. The fraction of sp³-hybridized carbons (Fsp3) is 0.294. The van der Waals surface area contributed by atoms with Crippen LogP contribution in [0.5, 0.6) is 17.2 Å². The van der Waals surface area contributed by atoms with E-state index < -0.39 is 0 Å². The van der Waals surface area contributed by atoms with Gasteiger partial charge in [0.1, 0.15) is 19.0 Å². The zero-order chi connectivity index (χ0) is 16.0. The molecule has 0 spiro atoms. The first-order valence-corrected chi connectivity index (χ1v) is 7.46. The Bertz CT molecular complexity index is 855. The predicted octanol–water partition coefficient (Wildman–Crippen LogP) is 1.90. The second kappa shape index (κ2) is 5.15. The highest BCUT2D eigenvalue weighted by Gasteiger charge is 2.32. The minimum atomic E-state index is -0.355. The van der Waals surface area contributed by atoms with E-state index >= 15 is 0 Å². The van der Waals surface area contributed by atoms with Gasteiger partial charge in [0.25, 0.3) is 5.56 Å². The van der Waals surface area contributed by atoms with Gasteiger partial charge < -0.3 is 19.2 Å². The quantitative estimate of drug-likeness (QED) is 0.814. The van der Waals surface area contributed by atoms with E-state index in [2.05, 4.69) is 4.98 Å². The summed E-state index contributed by atoms with van der Waals surface area (Å²) in [4.78, 5) is 27.1. The van der Waals surface area contributed by atoms with Crippen molar-refractivity contribution in [3.05, 3.63) is 51.4 Å². The number of hydrogen-bond acceptors (Lipinski definition) is 5. The molecule has 1 aromatic heterocycles. The van der Waals surface area contributed by atoms with Crippen LogP contribution in [0.2, 0.25) is 0 Å². The molecule has 0 fully saturated rings. The van der Waals surface area contributed by atoms with E-state index in [1.54, 1.807) is 13.0 Å². The molecule has 0 radical (unpaired) electrons. The summed E-state index contributed by atoms with van der Waals surface area (Å²) in [6.07, 6.45) is 0.124. The number of nitrogens with one attached hydrogen (secondary N) is 1. The van der Waals surface area contributed by atoms with Crippen molar-refractivity contribution in [1.29, 1.82) is 0 Å². The SMILES string of the molecule is Cc1cc2c(c(=O)[nH]1)[C@H](c1ccc3c(c1)OCCO3)CC(=O)O2. The van der Waals surface area contributed by atoms with E-state index in [4.69, 9.17) is 14.2 Å². The monoisotopic (exact) mass is 313 g/mol. The smallest absolute Gasteiger partial charge is 0.312 e. The number of rotatable bonds is 1. The molecule has 118 valence electrons. The molecular formula is C17H15NO5. The lowest BCUT2D eigenvalue weighted by molar-refractivity contribution is -0.135. The first kappa shape index (κ1) is 13.9. The molecular weight excluding hydrogens is 298 g/mol. The molecule has 0 saturated carbocycles. The Morgan fingerprint density at radius 2 is 1.83 bits per heavy atom. The Morgan fingerprint density at radius 1 is 1.04 bits per heavy atom. The van der Waals surface area contributed by atoms with Gasteiger partial charge in [-0.25, -0.2) is 0 Å². The Balaban J connectivity index is 1.84. The highest BCUT2D eigenvalue weighted by Crippen LogP contribution is 2.40. The topological polar surface area (TPSA) is 77.6 Å². The van der Waals surface area contributed by atoms with Gasteiger partial charge in [0.05, 0.1) is 12.0 Å². The Hall–Kier alpha value is -2.76. The van der Waals surface area contributed by atoms with Gasteiger partial charge in [-0.3, -0.25) is 9.59 Å². The van der Waals surface area contributed by atoms with Crippen LogP contribution < -0.4 is 19.8 Å². The van der Waals surface area contributed by atoms with E-state index in [-0.39, 0.29) is 23.9 Å². The van der Waals surface area contributed by atoms with E-state index in [9.17, 15) is 9.59 Å². The van der Waals surface area contributed by atoms with Crippen LogP contribution in [-0.4, -0.2) is 24.2 Å². The van der Waals surface area contributed by atoms with Crippen LogP contribution >= 0.6 is 0 Å². The molecule has 0 amide bonds. The van der Waals surface area contributed by atoms with Crippen LogP contribution in [-0.2, 0) is 4.79 Å². The zero-order valence-corrected chi connectivity index (χ0v) is 12.5. The molecule has 2 aromatic rings. The summed E-state index contributed by atoms with van der Waals surface area (Å²) < 4.78 is 16.3. The highest BCUT2D eigenvalue weighted by molar-refractivity contribution is 5.77. The number of carbonyl (C=O) groups is 1. The van der Waals surface area contributed by atoms with Crippen LogP contribution in [0.25, 0.3) is 0 Å². The molecule has 2 aliphatic rings. The average Bonchev–Trinajstić information content (AvgIpc) is 2.53. The number of pyridine rings is 1. The normalized spacial score (nSPS) is 19.0. The molecule has 6 heteroatoms. The van der Waals surface area contributed by atoms with Crippen molar-refractivity contribution in [3.63, 3.8) is 0 Å². The zero-order valence-electron chi connectivity index (χ0n) is 12.5. The third-order valence-corrected chi connectivity index (χ3v) is 4.08. The van der Waals surface area contributed by atoms with Gasteiger partial charge in [-0.1, -0.05) is 6.07 Å². The van der Waals surface area contributed by atoms with Crippen molar-refractivity contribution in [2.75, 3.05) is 13.2 Å². The van der Waals surface area contributed by atoms with Crippen LogP contribution in [0.3, 0.4) is 0 Å². The fourth-order valence-electron chi connectivity index (χ4n) is 3.08. The van der Waals surface area contributed by atoms with Gasteiger partial charge in [0.2, 0.25) is 0 Å². The first-order chi connectivity index (χ1) is 11.1. The van der Waals surface area contributed by atoms with Crippen molar-refractivity contribution < 1.29 is 19.0 Å². The summed E-state index contributed by atoms with van der Waals surface area (Å²) in [6.45, 7) is 2.76. The lowest BCUT2D eigenvalue weighted by Gasteiger charge is -2.25. The first-order valence-electron chi connectivity index (χ1n) is 7.46. The number of ether oxygens (including phenoxy) is 3. The van der Waals surface area contributed by atoms with E-state index in [1.807, 2.05) is 18.2 Å². The van der Waals surface area contributed by atoms with Gasteiger partial charge in [0, 0.05) is 17.7 Å². The number of aryl methyl sites for hydroxylation is 1. The summed E-state index contributed by atoms with van der Waals surface area (Å²) in [5.74, 6) is 0.949. The molecule has 2 aliphatic heterocycles. The standard InChI is InChI=1S/C17H15NO5/c1-9-6-14-16(17(20)18-9)11(8-15(19)23-14)10-2-3-12-13(7-10)22-5-4-21-12/h2-3,6-7,11H,4-5,8H2,1H3,(H,18,20)/t11-/m0/s1. The van der Waals surface area contributed by atoms with Crippen LogP contribution in [0.1, 0.15) is 29.2 Å². The molecule has 0 saturated heterocycles. The largest absolute Gasteiger partial charge is 0.486 e. The van der Waals surface area contributed by atoms with Crippen LogP contribution in [0, 0.1) is 6.92 Å². The van der Waals surface area contributed by atoms with Gasteiger partial charge in [-0.2, -0.15) is 0 Å². The van der Waals surface area contributed by atoms with Crippen LogP contribution in [0.4, 0.5) is 0 Å². The average molecular weight is 313 g/mol. The molecule has 3 heterocycles. The maximum Gasteiger partial charge on any atom is 0.312 e. The third kappa shape index (κ3) is 2.36. The minimum Gasteiger partial charge on any atom is -0.486 e. The Morgan fingerprint density at radius 3 is 2.65 bits per heavy atom. The molecule has 6 nitrogen and oxygen atoms in total. The van der Waals surface area contributed by atoms with Crippen molar-refractivity contribution in [2.45, 2.75) is 19.3 Å². The number of carbonyl (C=O) groups excluding carboxylic acids is 1. The number of hydrogen-bond donors (Lipinski definition) is 1. The Labute approximate surface area is 132 Å². The molecule has 0 bridgehead atoms. The van der Waals surface area contributed by atoms with Gasteiger partial charge >= 0.3 is 5.97 Å². The van der Waals surface area contributed by atoms with E-state index in [0.717, 1.165) is 5.56 Å². The van der Waals surface area contributed by atoms with E-state index in [0.29, 0.717) is 41.7 Å². The summed E-state index contributed by atoms with van der Waals surface area (Å²) >= 11 is 0. The summed E-state index contributed by atoms with van der Waals surface area (Å²) in [5, 5.41) is 0. The number of H-pyrrole nitrogens is 1. The van der Waals surface area contributed by atoms with Gasteiger partial charge in [-0.15, -0.1) is 0 Å². The maximum absolute atomic E-state index is 12.4. The van der Waals surface area contributed by atoms with Crippen molar-refractivity contribution in [1.82, 2.24) is 4.98 Å². The second-order valence-electron chi connectivity index (χ2n) is 5.69. The number of fused-ring (bicyclic) bond motifs is 2. The van der Waals surface area contributed by atoms with Crippen molar-refractivity contribution in [3.8, 4) is 17.2 Å². The third-order valence-electron chi connectivity index (χ3n) is 4.08. The number of benzene rings is 1. The summed E-state index contributed by atoms with van der Waals surface area (Å²) in [7, 11) is 0. The maximum atomic E-state index is 12.4. The second-order valence-corrected chi connectivity index (χ2v) is 5.69. The molecule has 0 aliphatic carbocycles. The van der Waals surface area contributed by atoms with Gasteiger partial charge in [0.15, 0.2) is 11.5 Å². The number of aromatic nitrogens is 1. The van der Waals surface area contributed by atoms with Gasteiger partial charge in [-0.05, 0) is 24.6 Å². The lowest BCUT2D eigenvalue weighted by atomic mass is 9.87. The minimum absolute atomic E-state index is 0.124. The molecule has 0 unspecified atom stereocenters. The van der Waals surface area contributed by atoms with E-state index in [1.165, 1.54) is 0 Å². The number of aromatic amines is 1. The molecule has 1 aromatic carbocycles. The predicted molar refractivity (Wildman–Crippen MR) is 81.3 cm³/mol. The summed E-state index contributed by atoms with van der Waals surface area (Å²) in [5.41, 5.74) is 1.74. The molecule has 1 N–H and O–H groups in total. The lowest BCUT2D eigenvalue weighted by Crippen LogP contribution is -2.28. The molecule has 1 atom stereocenters. The molecule has 4 rings (SSSR count). The summed E-state index contributed by atoms with van der Waals surface area (Å²) in [6, 6.07) is 7.19. The number of esters is 1. The fourth-order valence-corrected chi connectivity index (χ4v) is 3.08. The molecule has 23 heavy (non-hydrogen) atoms.